The third-order valence-corrected chi connectivity index (χ3v) is 5.50. The van der Waals surface area contributed by atoms with Crippen LogP contribution >= 0.6 is 11.6 Å². The van der Waals surface area contributed by atoms with Crippen molar-refractivity contribution in [3.63, 3.8) is 0 Å². The van der Waals surface area contributed by atoms with E-state index >= 15 is 0 Å². The summed E-state index contributed by atoms with van der Waals surface area (Å²) in [6, 6.07) is 6.32. The van der Waals surface area contributed by atoms with Gasteiger partial charge < -0.3 is 0 Å². The standard InChI is InChI=1S/C16H15ClN2O3/c17-11-5-3-8(4-6-11)14(20)18-19-15(21)12-9-1-2-10(7-9)13(12)16(19)22/h3-6,9-10,12-13H,1-2,7H2,(H,18,20)/t9-,10-,12-,13-/m0/s1. The van der Waals surface area contributed by atoms with E-state index in [1.165, 1.54) is 0 Å². The molecule has 1 heterocycles. The van der Waals surface area contributed by atoms with E-state index in [9.17, 15) is 14.4 Å². The number of imide groups is 1. The summed E-state index contributed by atoms with van der Waals surface area (Å²) in [5, 5.41) is 1.47. The Morgan fingerprint density at radius 3 is 2.14 bits per heavy atom. The Labute approximate surface area is 132 Å². The molecule has 4 rings (SSSR count). The van der Waals surface area contributed by atoms with E-state index in [0.717, 1.165) is 24.3 Å². The maximum absolute atomic E-state index is 12.5. The number of hydrazine groups is 1. The van der Waals surface area contributed by atoms with Crippen molar-refractivity contribution in [3.8, 4) is 0 Å². The SMILES string of the molecule is O=C(NN1C(=O)[C@H]2[C@H]3CC[C@@H](C3)[C@@H]2C1=O)c1ccc(Cl)cc1. The Morgan fingerprint density at radius 2 is 1.59 bits per heavy atom. The lowest BCUT2D eigenvalue weighted by Crippen LogP contribution is -2.47. The fourth-order valence-electron chi connectivity index (χ4n) is 4.29. The monoisotopic (exact) mass is 318 g/mol. The van der Waals surface area contributed by atoms with E-state index in [2.05, 4.69) is 5.43 Å². The molecule has 0 spiro atoms. The average molecular weight is 319 g/mol. The van der Waals surface area contributed by atoms with Gasteiger partial charge in [0.25, 0.3) is 17.7 Å². The first-order chi connectivity index (χ1) is 10.6. The highest BCUT2D eigenvalue weighted by atomic mass is 35.5. The van der Waals surface area contributed by atoms with Crippen molar-refractivity contribution in [1.29, 1.82) is 0 Å². The molecule has 1 aromatic carbocycles. The Balaban J connectivity index is 1.54. The molecule has 22 heavy (non-hydrogen) atoms. The van der Waals surface area contributed by atoms with Crippen LogP contribution in [0.2, 0.25) is 5.02 Å². The maximum Gasteiger partial charge on any atom is 0.270 e. The fraction of sp³-hybridized carbons (Fsp3) is 0.438. The molecule has 4 atom stereocenters. The van der Waals surface area contributed by atoms with Crippen molar-refractivity contribution in [2.24, 2.45) is 23.7 Å². The summed E-state index contributed by atoms with van der Waals surface area (Å²) in [7, 11) is 0. The van der Waals surface area contributed by atoms with Crippen molar-refractivity contribution >= 4 is 29.3 Å². The molecule has 3 amide bonds. The van der Waals surface area contributed by atoms with E-state index in [4.69, 9.17) is 11.6 Å². The van der Waals surface area contributed by atoms with Crippen LogP contribution in [0.15, 0.2) is 24.3 Å². The summed E-state index contributed by atoms with van der Waals surface area (Å²) in [5.74, 6) is -0.791. The van der Waals surface area contributed by atoms with E-state index in [1.54, 1.807) is 24.3 Å². The van der Waals surface area contributed by atoms with Crippen molar-refractivity contribution in [2.45, 2.75) is 19.3 Å². The molecule has 114 valence electrons. The number of hydrogen-bond donors (Lipinski definition) is 1. The van der Waals surface area contributed by atoms with Gasteiger partial charge in [-0.2, -0.15) is 5.01 Å². The topological polar surface area (TPSA) is 66.5 Å². The van der Waals surface area contributed by atoms with Crippen LogP contribution in [0.3, 0.4) is 0 Å². The largest absolute Gasteiger partial charge is 0.272 e. The molecular weight excluding hydrogens is 304 g/mol. The second kappa shape index (κ2) is 4.81. The number of amides is 3. The van der Waals surface area contributed by atoms with Gasteiger partial charge in [-0.3, -0.25) is 19.8 Å². The summed E-state index contributed by atoms with van der Waals surface area (Å²) in [6.45, 7) is 0. The normalized spacial score (nSPS) is 32.5. The lowest BCUT2D eigenvalue weighted by molar-refractivity contribution is -0.143. The Morgan fingerprint density at radius 1 is 1.05 bits per heavy atom. The Kier molecular flexibility index (Phi) is 3.01. The van der Waals surface area contributed by atoms with Crippen molar-refractivity contribution < 1.29 is 14.4 Å². The summed E-state index contributed by atoms with van der Waals surface area (Å²) >= 11 is 5.79. The zero-order chi connectivity index (χ0) is 15.4. The molecule has 5 nitrogen and oxygen atoms in total. The number of halogens is 1. The molecule has 3 aliphatic rings. The number of nitrogens with zero attached hydrogens (tertiary/aromatic N) is 1. The molecule has 2 aliphatic carbocycles. The van der Waals surface area contributed by atoms with Crippen molar-refractivity contribution in [2.75, 3.05) is 0 Å². The minimum atomic E-state index is -0.467. The first kappa shape index (κ1) is 13.8. The van der Waals surface area contributed by atoms with Gasteiger partial charge in [0.2, 0.25) is 0 Å². The van der Waals surface area contributed by atoms with Gasteiger partial charge in [-0.1, -0.05) is 11.6 Å². The summed E-state index contributed by atoms with van der Waals surface area (Å²) in [5.41, 5.74) is 2.83. The van der Waals surface area contributed by atoms with Gasteiger partial charge in [0.1, 0.15) is 0 Å². The minimum Gasteiger partial charge on any atom is -0.272 e. The third-order valence-electron chi connectivity index (χ3n) is 5.25. The Bertz CT molecular complexity index is 644. The number of benzene rings is 1. The maximum atomic E-state index is 12.5. The first-order valence-electron chi connectivity index (χ1n) is 7.50. The van der Waals surface area contributed by atoms with Crippen LogP contribution in [0.4, 0.5) is 0 Å². The summed E-state index contributed by atoms with van der Waals surface area (Å²) < 4.78 is 0. The summed E-state index contributed by atoms with van der Waals surface area (Å²) in [6.07, 6.45) is 3.01. The van der Waals surface area contributed by atoms with Gasteiger partial charge in [0.15, 0.2) is 0 Å². The lowest BCUT2D eigenvalue weighted by atomic mass is 9.81. The molecule has 2 bridgehead atoms. The molecule has 2 saturated carbocycles. The smallest absolute Gasteiger partial charge is 0.270 e. The highest BCUT2D eigenvalue weighted by Crippen LogP contribution is 2.55. The zero-order valence-electron chi connectivity index (χ0n) is 11.8. The number of hydrogen-bond acceptors (Lipinski definition) is 3. The van der Waals surface area contributed by atoms with E-state index < -0.39 is 5.91 Å². The highest BCUT2D eigenvalue weighted by molar-refractivity contribution is 6.30. The summed E-state index contributed by atoms with van der Waals surface area (Å²) in [4.78, 5) is 37.2. The van der Waals surface area contributed by atoms with Gasteiger partial charge in [-0.05, 0) is 55.4 Å². The van der Waals surface area contributed by atoms with Gasteiger partial charge in [0, 0.05) is 10.6 Å². The molecule has 1 aromatic rings. The van der Waals surface area contributed by atoms with Crippen LogP contribution < -0.4 is 5.43 Å². The van der Waals surface area contributed by atoms with Crippen LogP contribution in [0.5, 0.6) is 0 Å². The molecule has 0 unspecified atom stereocenters. The van der Waals surface area contributed by atoms with E-state index in [-0.39, 0.29) is 23.7 Å². The quantitative estimate of drug-likeness (QED) is 0.848. The molecule has 1 saturated heterocycles. The van der Waals surface area contributed by atoms with Crippen LogP contribution in [-0.2, 0) is 9.59 Å². The molecule has 0 aromatic heterocycles. The molecule has 0 radical (unpaired) electrons. The number of carbonyl (C=O) groups excluding carboxylic acids is 3. The molecular formula is C16H15ClN2O3. The molecule has 3 fully saturated rings. The van der Waals surface area contributed by atoms with Crippen LogP contribution in [-0.4, -0.2) is 22.7 Å². The van der Waals surface area contributed by atoms with E-state index in [1.807, 2.05) is 0 Å². The number of rotatable bonds is 2. The predicted octanol–water partition coefficient (Wildman–Crippen LogP) is 2.02. The van der Waals surface area contributed by atoms with Crippen LogP contribution in [0, 0.1) is 23.7 Å². The van der Waals surface area contributed by atoms with Crippen molar-refractivity contribution in [1.82, 2.24) is 10.4 Å². The van der Waals surface area contributed by atoms with Crippen molar-refractivity contribution in [3.05, 3.63) is 34.9 Å². The number of fused-ring (bicyclic) bond motifs is 5. The van der Waals surface area contributed by atoms with Crippen LogP contribution in [0.1, 0.15) is 29.6 Å². The lowest BCUT2D eigenvalue weighted by Gasteiger charge is -2.19. The number of carbonyl (C=O) groups is 3. The second-order valence-electron chi connectivity index (χ2n) is 6.34. The van der Waals surface area contributed by atoms with Crippen LogP contribution in [0.25, 0.3) is 0 Å². The number of nitrogens with one attached hydrogen (secondary N) is 1. The van der Waals surface area contributed by atoms with Gasteiger partial charge in [0.05, 0.1) is 11.8 Å². The average Bonchev–Trinajstić information content (AvgIpc) is 3.17. The Hall–Kier alpha value is -1.88. The van der Waals surface area contributed by atoms with E-state index in [0.29, 0.717) is 22.4 Å². The third kappa shape index (κ3) is 1.88. The molecule has 1 N–H and O–H groups in total. The second-order valence-corrected chi connectivity index (χ2v) is 6.78. The zero-order valence-corrected chi connectivity index (χ0v) is 12.5. The minimum absolute atomic E-state index is 0.225. The van der Waals surface area contributed by atoms with Gasteiger partial charge in [-0.25, -0.2) is 0 Å². The van der Waals surface area contributed by atoms with Gasteiger partial charge >= 0.3 is 0 Å². The predicted molar refractivity (Wildman–Crippen MR) is 78.6 cm³/mol. The fourth-order valence-corrected chi connectivity index (χ4v) is 4.41. The first-order valence-corrected chi connectivity index (χ1v) is 7.88. The molecule has 1 aliphatic heterocycles. The van der Waals surface area contributed by atoms with Gasteiger partial charge in [-0.15, -0.1) is 0 Å². The molecule has 6 heteroatoms. The highest BCUT2D eigenvalue weighted by Gasteiger charge is 2.61.